The predicted molar refractivity (Wildman–Crippen MR) is 72.4 cm³/mol. The third-order valence-electron chi connectivity index (χ3n) is 2.74. The third-order valence-corrected chi connectivity index (χ3v) is 3.64. The number of H-pyrrole nitrogens is 1. The van der Waals surface area contributed by atoms with Crippen LogP contribution < -0.4 is 4.90 Å². The van der Waals surface area contributed by atoms with Crippen LogP contribution in [0, 0.1) is 0 Å². The molecule has 0 amide bonds. The van der Waals surface area contributed by atoms with Crippen molar-refractivity contribution in [3.63, 3.8) is 0 Å². The highest BCUT2D eigenvalue weighted by Gasteiger charge is 2.12. The van der Waals surface area contributed by atoms with Crippen LogP contribution in [0.5, 0.6) is 0 Å². The van der Waals surface area contributed by atoms with E-state index in [0.717, 1.165) is 29.5 Å². The molecule has 0 aliphatic rings. The molecule has 5 nitrogen and oxygen atoms in total. The van der Waals surface area contributed by atoms with Gasteiger partial charge in [-0.05, 0) is 19.9 Å². The maximum absolute atomic E-state index is 10.8. The molecular weight excluding hydrogens is 250 g/mol. The second-order valence-electron chi connectivity index (χ2n) is 3.79. The Morgan fingerprint density at radius 2 is 2.22 bits per heavy atom. The molecule has 0 saturated heterocycles. The number of carboxylic acid groups (broad SMARTS) is 1. The van der Waals surface area contributed by atoms with Gasteiger partial charge < -0.3 is 15.0 Å². The number of nitrogens with zero attached hydrogens (tertiary/aromatic N) is 2. The van der Waals surface area contributed by atoms with E-state index in [0.29, 0.717) is 0 Å². The van der Waals surface area contributed by atoms with Crippen LogP contribution in [0.2, 0.25) is 0 Å². The summed E-state index contributed by atoms with van der Waals surface area (Å²) < 4.78 is 0. The van der Waals surface area contributed by atoms with E-state index >= 15 is 0 Å². The minimum Gasteiger partial charge on any atom is -0.477 e. The van der Waals surface area contributed by atoms with Gasteiger partial charge in [-0.25, -0.2) is 9.78 Å². The fraction of sp³-hybridized carbons (Fsp3) is 0.333. The van der Waals surface area contributed by atoms with Crippen molar-refractivity contribution in [3.05, 3.63) is 23.3 Å². The maximum Gasteiger partial charge on any atom is 0.352 e. The lowest BCUT2D eigenvalue weighted by atomic mass is 10.2. The Morgan fingerprint density at radius 1 is 1.50 bits per heavy atom. The summed E-state index contributed by atoms with van der Waals surface area (Å²) in [6.45, 7) is 6.00. The Labute approximate surface area is 109 Å². The molecule has 0 unspecified atom stereocenters. The number of anilines is 1. The minimum absolute atomic E-state index is 0.183. The Bertz CT molecular complexity index is 543. The zero-order valence-electron chi connectivity index (χ0n) is 10.3. The van der Waals surface area contributed by atoms with Gasteiger partial charge in [0, 0.05) is 30.2 Å². The van der Waals surface area contributed by atoms with Gasteiger partial charge in [0.15, 0.2) is 5.13 Å². The van der Waals surface area contributed by atoms with E-state index in [1.807, 2.05) is 5.38 Å². The molecule has 0 radical (unpaired) electrons. The molecule has 0 fully saturated rings. The molecule has 18 heavy (non-hydrogen) atoms. The summed E-state index contributed by atoms with van der Waals surface area (Å²) in [5, 5.41) is 11.8. The monoisotopic (exact) mass is 265 g/mol. The summed E-state index contributed by atoms with van der Waals surface area (Å²) in [4.78, 5) is 20.2. The van der Waals surface area contributed by atoms with E-state index in [2.05, 4.69) is 28.7 Å². The maximum atomic E-state index is 10.8. The number of carboxylic acids is 1. The van der Waals surface area contributed by atoms with E-state index in [9.17, 15) is 4.79 Å². The molecular formula is C12H15N3O2S. The third kappa shape index (κ3) is 2.38. The minimum atomic E-state index is -0.958. The van der Waals surface area contributed by atoms with Crippen LogP contribution in [0.1, 0.15) is 24.3 Å². The molecule has 0 saturated carbocycles. The number of hydrogen-bond donors (Lipinski definition) is 2. The molecule has 2 aromatic heterocycles. The summed E-state index contributed by atoms with van der Waals surface area (Å²) in [5.41, 5.74) is 1.80. The molecule has 2 heterocycles. The van der Waals surface area contributed by atoms with Gasteiger partial charge in [0.1, 0.15) is 5.69 Å². The van der Waals surface area contributed by atoms with Gasteiger partial charge in [-0.15, -0.1) is 11.3 Å². The van der Waals surface area contributed by atoms with Crippen LogP contribution >= 0.6 is 11.3 Å². The summed E-state index contributed by atoms with van der Waals surface area (Å²) in [6, 6.07) is 1.60. The number of aromatic carboxylic acids is 1. The van der Waals surface area contributed by atoms with Crippen LogP contribution in [0.25, 0.3) is 11.3 Å². The Morgan fingerprint density at radius 3 is 2.78 bits per heavy atom. The highest BCUT2D eigenvalue weighted by molar-refractivity contribution is 7.14. The highest BCUT2D eigenvalue weighted by Crippen LogP contribution is 2.27. The Kier molecular flexibility index (Phi) is 3.66. The van der Waals surface area contributed by atoms with Crippen molar-refractivity contribution in [2.45, 2.75) is 13.8 Å². The standard InChI is InChI=1S/C12H15N3O2S/c1-3-15(4-2)12-14-10(7-18-12)8-5-9(11(16)17)13-6-8/h5-7,13H,3-4H2,1-2H3,(H,16,17). The van der Waals surface area contributed by atoms with Crippen LogP contribution in [-0.4, -0.2) is 34.1 Å². The Hall–Kier alpha value is -1.82. The number of aromatic nitrogens is 2. The molecule has 6 heteroatoms. The lowest BCUT2D eigenvalue weighted by molar-refractivity contribution is 0.0691. The quantitative estimate of drug-likeness (QED) is 0.872. The largest absolute Gasteiger partial charge is 0.477 e. The van der Waals surface area contributed by atoms with Gasteiger partial charge in [0.25, 0.3) is 0 Å². The van der Waals surface area contributed by atoms with Crippen molar-refractivity contribution in [3.8, 4) is 11.3 Å². The molecule has 2 rings (SSSR count). The van der Waals surface area contributed by atoms with Gasteiger partial charge >= 0.3 is 5.97 Å². The Balaban J connectivity index is 2.26. The SMILES string of the molecule is CCN(CC)c1nc(-c2c[nH]c(C(=O)O)c2)cs1. The fourth-order valence-corrected chi connectivity index (χ4v) is 2.67. The summed E-state index contributed by atoms with van der Waals surface area (Å²) in [6.07, 6.45) is 1.67. The average molecular weight is 265 g/mol. The van der Waals surface area contributed by atoms with Crippen LogP contribution in [0.15, 0.2) is 17.6 Å². The molecule has 96 valence electrons. The number of hydrogen-bond acceptors (Lipinski definition) is 4. The van der Waals surface area contributed by atoms with Crippen molar-refractivity contribution in [1.82, 2.24) is 9.97 Å². The number of aromatic amines is 1. The molecule has 0 aromatic carbocycles. The lowest BCUT2D eigenvalue weighted by Gasteiger charge is -2.16. The van der Waals surface area contributed by atoms with Crippen LogP contribution in [0.3, 0.4) is 0 Å². The van der Waals surface area contributed by atoms with Crippen molar-refractivity contribution >= 4 is 22.4 Å². The van der Waals surface area contributed by atoms with Crippen LogP contribution in [-0.2, 0) is 0 Å². The molecule has 0 bridgehead atoms. The van der Waals surface area contributed by atoms with Crippen molar-refractivity contribution in [2.24, 2.45) is 0 Å². The second kappa shape index (κ2) is 5.22. The number of thiazole rings is 1. The molecule has 2 aromatic rings. The number of carbonyl (C=O) groups is 1. The topological polar surface area (TPSA) is 69.2 Å². The average Bonchev–Trinajstić information content (AvgIpc) is 2.98. The summed E-state index contributed by atoms with van der Waals surface area (Å²) in [7, 11) is 0. The number of rotatable bonds is 5. The first kappa shape index (κ1) is 12.6. The van der Waals surface area contributed by atoms with E-state index < -0.39 is 5.97 Å². The van der Waals surface area contributed by atoms with E-state index in [1.54, 1.807) is 23.6 Å². The van der Waals surface area contributed by atoms with E-state index in [-0.39, 0.29) is 5.69 Å². The first-order valence-corrected chi connectivity index (χ1v) is 6.66. The summed E-state index contributed by atoms with van der Waals surface area (Å²) in [5.74, 6) is -0.958. The second-order valence-corrected chi connectivity index (χ2v) is 4.63. The van der Waals surface area contributed by atoms with Crippen molar-refractivity contribution in [1.29, 1.82) is 0 Å². The fourth-order valence-electron chi connectivity index (χ4n) is 1.70. The molecule has 0 aliphatic carbocycles. The zero-order chi connectivity index (χ0) is 13.1. The van der Waals surface area contributed by atoms with Gasteiger partial charge in [-0.1, -0.05) is 0 Å². The lowest BCUT2D eigenvalue weighted by Crippen LogP contribution is -2.21. The van der Waals surface area contributed by atoms with Gasteiger partial charge in [0.05, 0.1) is 5.69 Å². The first-order chi connectivity index (χ1) is 8.65. The molecule has 0 spiro atoms. The summed E-state index contributed by atoms with van der Waals surface area (Å²) >= 11 is 1.57. The van der Waals surface area contributed by atoms with Gasteiger partial charge in [0.2, 0.25) is 0 Å². The normalized spacial score (nSPS) is 10.6. The predicted octanol–water partition coefficient (Wildman–Crippen LogP) is 2.68. The van der Waals surface area contributed by atoms with Crippen molar-refractivity contribution in [2.75, 3.05) is 18.0 Å². The van der Waals surface area contributed by atoms with Crippen LogP contribution in [0.4, 0.5) is 5.13 Å². The highest BCUT2D eigenvalue weighted by atomic mass is 32.1. The zero-order valence-corrected chi connectivity index (χ0v) is 11.1. The molecule has 0 aliphatic heterocycles. The molecule has 0 atom stereocenters. The van der Waals surface area contributed by atoms with E-state index in [1.165, 1.54) is 0 Å². The van der Waals surface area contributed by atoms with E-state index in [4.69, 9.17) is 5.11 Å². The van der Waals surface area contributed by atoms with Gasteiger partial charge in [-0.3, -0.25) is 0 Å². The van der Waals surface area contributed by atoms with Gasteiger partial charge in [-0.2, -0.15) is 0 Å². The first-order valence-electron chi connectivity index (χ1n) is 5.78. The smallest absolute Gasteiger partial charge is 0.352 e. The molecule has 2 N–H and O–H groups in total. The van der Waals surface area contributed by atoms with Crippen molar-refractivity contribution < 1.29 is 9.90 Å². The number of nitrogens with one attached hydrogen (secondary N) is 1.